The van der Waals surface area contributed by atoms with Crippen LogP contribution in [0.5, 0.6) is 5.88 Å². The van der Waals surface area contributed by atoms with Crippen molar-refractivity contribution >= 4 is 11.0 Å². The molecule has 5 heteroatoms. The maximum Gasteiger partial charge on any atom is 0.213 e. The van der Waals surface area contributed by atoms with Gasteiger partial charge in [0.1, 0.15) is 12.4 Å². The van der Waals surface area contributed by atoms with E-state index in [1.807, 2.05) is 25.3 Å². The summed E-state index contributed by atoms with van der Waals surface area (Å²) in [4.78, 5) is 11.9. The Bertz CT molecular complexity index is 943. The fourth-order valence-corrected chi connectivity index (χ4v) is 4.15. The lowest BCUT2D eigenvalue weighted by atomic mass is 9.91. The lowest BCUT2D eigenvalue weighted by Gasteiger charge is -2.36. The van der Waals surface area contributed by atoms with E-state index in [2.05, 4.69) is 32.7 Å². The smallest absolute Gasteiger partial charge is 0.213 e. The van der Waals surface area contributed by atoms with Crippen molar-refractivity contribution in [3.63, 3.8) is 0 Å². The first-order chi connectivity index (χ1) is 13.3. The first kappa shape index (κ1) is 16.8. The number of rotatable bonds is 4. The van der Waals surface area contributed by atoms with Gasteiger partial charge < -0.3 is 9.30 Å². The van der Waals surface area contributed by atoms with Gasteiger partial charge in [-0.05, 0) is 43.0 Å². The fraction of sp³-hybridized carbons (Fsp3) is 0.455. The van der Waals surface area contributed by atoms with E-state index in [0.29, 0.717) is 12.5 Å². The van der Waals surface area contributed by atoms with Crippen LogP contribution in [0.15, 0.2) is 36.5 Å². The summed E-state index contributed by atoms with van der Waals surface area (Å²) in [5.41, 5.74) is 4.63. The average molecular weight is 362 g/mol. The summed E-state index contributed by atoms with van der Waals surface area (Å²) in [5, 5.41) is 0. The number of fused-ring (bicyclic) bond motifs is 3. The van der Waals surface area contributed by atoms with Crippen molar-refractivity contribution in [2.24, 2.45) is 0 Å². The number of aromatic nitrogens is 3. The molecule has 0 spiro atoms. The summed E-state index contributed by atoms with van der Waals surface area (Å²) in [6.07, 6.45) is 7.02. The molecular formula is C22H26N4O. The predicted molar refractivity (Wildman–Crippen MR) is 106 cm³/mol. The molecule has 140 valence electrons. The molecule has 2 aliphatic rings. The van der Waals surface area contributed by atoms with Crippen molar-refractivity contribution < 1.29 is 4.74 Å². The van der Waals surface area contributed by atoms with Crippen molar-refractivity contribution in [3.05, 3.63) is 53.5 Å². The third-order valence-corrected chi connectivity index (χ3v) is 5.99. The molecule has 0 bridgehead atoms. The Labute approximate surface area is 160 Å². The molecule has 5 nitrogen and oxygen atoms in total. The van der Waals surface area contributed by atoms with Crippen molar-refractivity contribution in [2.45, 2.75) is 51.8 Å². The van der Waals surface area contributed by atoms with Gasteiger partial charge in [-0.2, -0.15) is 0 Å². The topological polar surface area (TPSA) is 43.2 Å². The molecule has 1 aromatic carbocycles. The normalized spacial score (nSPS) is 18.1. The van der Waals surface area contributed by atoms with Gasteiger partial charge in [0.05, 0.1) is 11.0 Å². The van der Waals surface area contributed by atoms with Crippen LogP contribution in [0.2, 0.25) is 0 Å². The van der Waals surface area contributed by atoms with Gasteiger partial charge in [0.25, 0.3) is 0 Å². The Morgan fingerprint density at radius 1 is 1.11 bits per heavy atom. The molecular weight excluding hydrogens is 336 g/mol. The third-order valence-electron chi connectivity index (χ3n) is 5.99. The molecule has 1 aliphatic heterocycles. The van der Waals surface area contributed by atoms with E-state index in [1.165, 1.54) is 30.6 Å². The first-order valence-corrected chi connectivity index (χ1v) is 10.0. The minimum Gasteiger partial charge on any atom is -0.473 e. The number of imidazole rings is 1. The summed E-state index contributed by atoms with van der Waals surface area (Å²) in [6.45, 7) is 5.87. The zero-order valence-corrected chi connectivity index (χ0v) is 15.9. The van der Waals surface area contributed by atoms with E-state index >= 15 is 0 Å². The monoisotopic (exact) mass is 362 g/mol. The maximum atomic E-state index is 5.86. The van der Waals surface area contributed by atoms with Crippen LogP contribution in [0.3, 0.4) is 0 Å². The minimum atomic E-state index is 0.528. The van der Waals surface area contributed by atoms with E-state index in [0.717, 1.165) is 48.7 Å². The summed E-state index contributed by atoms with van der Waals surface area (Å²) >= 11 is 0. The second-order valence-electron chi connectivity index (χ2n) is 7.84. The number of hydrogen-bond acceptors (Lipinski definition) is 4. The van der Waals surface area contributed by atoms with Gasteiger partial charge in [-0.3, -0.25) is 4.90 Å². The molecule has 27 heavy (non-hydrogen) atoms. The van der Waals surface area contributed by atoms with E-state index < -0.39 is 0 Å². The Kier molecular flexibility index (Phi) is 4.32. The highest BCUT2D eigenvalue weighted by molar-refractivity contribution is 5.77. The van der Waals surface area contributed by atoms with E-state index in [1.54, 1.807) is 0 Å². The molecule has 0 N–H and O–H groups in total. The van der Waals surface area contributed by atoms with E-state index in [4.69, 9.17) is 9.72 Å². The SMILES string of the molecule is Cc1ccc(OCc2ccc3nc4n(c3c2)CCN(C2CCC2)CC4)nc1. The first-order valence-electron chi connectivity index (χ1n) is 10.0. The molecule has 3 heterocycles. The van der Waals surface area contributed by atoms with Crippen molar-refractivity contribution in [1.29, 1.82) is 0 Å². The lowest BCUT2D eigenvalue weighted by Crippen LogP contribution is -2.41. The zero-order valence-electron chi connectivity index (χ0n) is 15.9. The highest BCUT2D eigenvalue weighted by Gasteiger charge is 2.27. The molecule has 0 saturated heterocycles. The van der Waals surface area contributed by atoms with Crippen LogP contribution >= 0.6 is 0 Å². The lowest BCUT2D eigenvalue weighted by molar-refractivity contribution is 0.130. The summed E-state index contributed by atoms with van der Waals surface area (Å²) in [6, 6.07) is 11.2. The van der Waals surface area contributed by atoms with Gasteiger partial charge in [-0.25, -0.2) is 9.97 Å². The number of pyridine rings is 1. The molecule has 0 atom stereocenters. The molecule has 3 aromatic rings. The van der Waals surface area contributed by atoms with Gasteiger partial charge in [0, 0.05) is 44.4 Å². The van der Waals surface area contributed by atoms with Crippen molar-refractivity contribution in [3.8, 4) is 5.88 Å². The Morgan fingerprint density at radius 3 is 2.81 bits per heavy atom. The number of benzene rings is 1. The molecule has 0 amide bonds. The Morgan fingerprint density at radius 2 is 2.04 bits per heavy atom. The second kappa shape index (κ2) is 6.97. The quantitative estimate of drug-likeness (QED) is 0.709. The van der Waals surface area contributed by atoms with Crippen LogP contribution < -0.4 is 4.74 Å². The van der Waals surface area contributed by atoms with Gasteiger partial charge in [0.15, 0.2) is 0 Å². The zero-order chi connectivity index (χ0) is 18.2. The Hall–Kier alpha value is -2.40. The van der Waals surface area contributed by atoms with Crippen LogP contribution in [0.1, 0.15) is 36.2 Å². The van der Waals surface area contributed by atoms with Crippen LogP contribution in [0, 0.1) is 6.92 Å². The molecule has 1 saturated carbocycles. The number of ether oxygens (including phenoxy) is 1. The largest absolute Gasteiger partial charge is 0.473 e. The molecule has 1 aliphatic carbocycles. The highest BCUT2D eigenvalue weighted by atomic mass is 16.5. The number of aryl methyl sites for hydroxylation is 1. The Balaban J connectivity index is 1.34. The fourth-order valence-electron chi connectivity index (χ4n) is 4.15. The molecule has 2 aromatic heterocycles. The number of hydrogen-bond donors (Lipinski definition) is 0. The standard InChI is InChI=1S/C22H26N4O/c1-16-5-8-22(23-14-16)27-15-17-6-7-19-20(13-17)26-12-11-25(18-3-2-4-18)10-9-21(26)24-19/h5-8,13-14,18H,2-4,9-12,15H2,1H3. The molecule has 0 unspecified atom stereocenters. The van der Waals surface area contributed by atoms with Gasteiger partial charge in [-0.15, -0.1) is 0 Å². The molecule has 1 fully saturated rings. The predicted octanol–water partition coefficient (Wildman–Crippen LogP) is 3.73. The van der Waals surface area contributed by atoms with Gasteiger partial charge >= 0.3 is 0 Å². The third kappa shape index (κ3) is 3.32. The molecule has 5 rings (SSSR count). The van der Waals surface area contributed by atoms with Crippen LogP contribution in [0.25, 0.3) is 11.0 Å². The maximum absolute atomic E-state index is 5.86. The average Bonchev–Trinajstić information content (AvgIpc) is 2.86. The van der Waals surface area contributed by atoms with Crippen LogP contribution in [-0.4, -0.2) is 38.6 Å². The van der Waals surface area contributed by atoms with Gasteiger partial charge in [0.2, 0.25) is 5.88 Å². The van der Waals surface area contributed by atoms with Crippen molar-refractivity contribution in [2.75, 3.05) is 13.1 Å². The van der Waals surface area contributed by atoms with Gasteiger partial charge in [-0.1, -0.05) is 18.6 Å². The second-order valence-corrected chi connectivity index (χ2v) is 7.84. The summed E-state index contributed by atoms with van der Waals surface area (Å²) in [7, 11) is 0. The van der Waals surface area contributed by atoms with E-state index in [9.17, 15) is 0 Å². The highest BCUT2D eigenvalue weighted by Crippen LogP contribution is 2.27. The summed E-state index contributed by atoms with van der Waals surface area (Å²) in [5.74, 6) is 1.90. The minimum absolute atomic E-state index is 0.528. The van der Waals surface area contributed by atoms with Crippen LogP contribution in [-0.2, 0) is 19.6 Å². The molecule has 0 radical (unpaired) electrons. The van der Waals surface area contributed by atoms with Crippen molar-refractivity contribution in [1.82, 2.24) is 19.4 Å². The number of nitrogens with zero attached hydrogens (tertiary/aromatic N) is 4. The van der Waals surface area contributed by atoms with E-state index in [-0.39, 0.29) is 0 Å². The summed E-state index contributed by atoms with van der Waals surface area (Å²) < 4.78 is 8.28. The van der Waals surface area contributed by atoms with Crippen LogP contribution in [0.4, 0.5) is 0 Å².